The summed E-state index contributed by atoms with van der Waals surface area (Å²) >= 11 is 0. The molecular weight excluding hydrogens is 431 g/mol. The summed E-state index contributed by atoms with van der Waals surface area (Å²) in [6.07, 6.45) is -4.82. The van der Waals surface area contributed by atoms with Gasteiger partial charge in [0.2, 0.25) is 0 Å². The summed E-state index contributed by atoms with van der Waals surface area (Å²) < 4.78 is 49.6. The molecule has 0 amide bonds. The van der Waals surface area contributed by atoms with Gasteiger partial charge < -0.3 is 14.0 Å². The van der Waals surface area contributed by atoms with E-state index in [0.717, 1.165) is 11.1 Å². The van der Waals surface area contributed by atoms with Crippen LogP contribution in [-0.4, -0.2) is 23.8 Å². The monoisotopic (exact) mass is 452 g/mol. The number of aromatic nitrogens is 1. The summed E-state index contributed by atoms with van der Waals surface area (Å²) in [7, 11) is 1.54. The molecule has 4 aromatic rings. The number of carbonyl (C=O) groups excluding carboxylic acids is 1. The first-order valence-electron chi connectivity index (χ1n) is 10.1. The molecule has 0 saturated carbocycles. The normalized spacial score (nSPS) is 11.6. The van der Waals surface area contributed by atoms with Crippen molar-refractivity contribution in [2.75, 3.05) is 7.11 Å². The second-order valence-electron chi connectivity index (χ2n) is 7.65. The van der Waals surface area contributed by atoms with Crippen LogP contribution in [0, 0.1) is 13.8 Å². The first kappa shape index (κ1) is 22.5. The van der Waals surface area contributed by atoms with E-state index in [1.807, 2.05) is 28.8 Å². The molecule has 3 aromatic carbocycles. The average molecular weight is 452 g/mol. The number of carbonyl (C=O) groups is 1. The molecule has 0 spiro atoms. The number of ketones is 1. The maximum Gasteiger partial charge on any atom is 0.573 e. The molecule has 0 aliphatic heterocycles. The van der Waals surface area contributed by atoms with Crippen molar-refractivity contribution >= 4 is 16.7 Å². The van der Waals surface area contributed by atoms with Gasteiger partial charge in [0.05, 0.1) is 18.2 Å². The highest BCUT2D eigenvalue weighted by atomic mass is 19.4. The van der Waals surface area contributed by atoms with Crippen molar-refractivity contribution in [2.24, 2.45) is 0 Å². The third kappa shape index (κ3) is 4.72. The number of nitrogens with zero attached hydrogens (tertiary/aromatic N) is 1. The minimum atomic E-state index is -4.82. The summed E-state index contributed by atoms with van der Waals surface area (Å²) in [5.41, 5.74) is 3.73. The van der Waals surface area contributed by atoms with E-state index in [1.165, 1.54) is 25.3 Å². The molecule has 4 rings (SSSR count). The van der Waals surface area contributed by atoms with Crippen molar-refractivity contribution in [2.45, 2.75) is 19.8 Å². The van der Waals surface area contributed by atoms with Gasteiger partial charge in [-0.2, -0.15) is 0 Å². The quantitative estimate of drug-likeness (QED) is 0.322. The molecule has 1 aromatic heterocycles. The van der Waals surface area contributed by atoms with Gasteiger partial charge in [0, 0.05) is 29.3 Å². The van der Waals surface area contributed by atoms with E-state index in [4.69, 9.17) is 4.74 Å². The average Bonchev–Trinajstić information content (AvgIpc) is 3.03. The highest BCUT2D eigenvalue weighted by Gasteiger charge is 2.31. The Morgan fingerprint density at radius 1 is 1.00 bits per heavy atom. The number of halogens is 3. The van der Waals surface area contributed by atoms with Crippen molar-refractivity contribution in [1.82, 2.24) is 4.57 Å². The van der Waals surface area contributed by atoms with Crippen LogP contribution in [0.25, 0.3) is 10.9 Å². The fraction of sp³-hybridized carbons (Fsp3) is 0.154. The third-order valence-electron chi connectivity index (χ3n) is 5.44. The summed E-state index contributed by atoms with van der Waals surface area (Å²) in [5, 5.41) is 0.550. The van der Waals surface area contributed by atoms with E-state index in [9.17, 15) is 18.0 Å². The van der Waals surface area contributed by atoms with Gasteiger partial charge in [-0.1, -0.05) is 24.3 Å². The molecule has 0 unspecified atom stereocenters. The second kappa shape index (κ2) is 8.65. The maximum absolute atomic E-state index is 13.4. The van der Waals surface area contributed by atoms with E-state index in [1.54, 1.807) is 31.2 Å². The summed E-state index contributed by atoms with van der Waals surface area (Å²) in [5.74, 6) is 0.0464. The molecule has 7 heteroatoms. The maximum atomic E-state index is 13.4. The van der Waals surface area contributed by atoms with Crippen molar-refractivity contribution < 1.29 is 27.4 Å². The van der Waals surface area contributed by atoms with Gasteiger partial charge in [-0.15, -0.1) is 13.2 Å². The molecule has 0 bridgehead atoms. The van der Waals surface area contributed by atoms with Gasteiger partial charge in [-0.3, -0.25) is 4.79 Å². The van der Waals surface area contributed by atoms with Crippen LogP contribution in [0.2, 0.25) is 0 Å². The molecular formula is C26H21F3NO3. The Bertz CT molecular complexity index is 1320. The predicted molar refractivity (Wildman–Crippen MR) is 120 cm³/mol. The Balaban J connectivity index is 1.87. The molecule has 0 fully saturated rings. The van der Waals surface area contributed by atoms with E-state index in [-0.39, 0.29) is 11.5 Å². The number of hydrogen-bond donors (Lipinski definition) is 0. The first-order chi connectivity index (χ1) is 15.7. The van der Waals surface area contributed by atoms with Crippen LogP contribution in [0.4, 0.5) is 13.2 Å². The van der Waals surface area contributed by atoms with Crippen LogP contribution >= 0.6 is 0 Å². The summed E-state index contributed by atoms with van der Waals surface area (Å²) in [6.45, 7) is 6.08. The lowest BCUT2D eigenvalue weighted by Crippen LogP contribution is -2.17. The van der Waals surface area contributed by atoms with Crippen LogP contribution in [0.3, 0.4) is 0 Å². The fourth-order valence-electron chi connectivity index (χ4n) is 3.94. The van der Waals surface area contributed by atoms with Crippen LogP contribution in [0.15, 0.2) is 66.7 Å². The largest absolute Gasteiger partial charge is 0.573 e. The molecule has 33 heavy (non-hydrogen) atoms. The minimum absolute atomic E-state index is 0.227. The number of fused-ring (bicyclic) bond motifs is 1. The Kier molecular flexibility index (Phi) is 5.89. The Labute approximate surface area is 189 Å². The number of benzene rings is 3. The van der Waals surface area contributed by atoms with Gasteiger partial charge >= 0.3 is 6.36 Å². The van der Waals surface area contributed by atoms with Crippen molar-refractivity contribution in [1.29, 1.82) is 0 Å². The number of methoxy groups -OCH3 is 1. The highest BCUT2D eigenvalue weighted by Crippen LogP contribution is 2.33. The minimum Gasteiger partial charge on any atom is -0.497 e. The zero-order valence-electron chi connectivity index (χ0n) is 18.1. The predicted octanol–water partition coefficient (Wildman–Crippen LogP) is 6.32. The van der Waals surface area contributed by atoms with E-state index in [2.05, 4.69) is 11.7 Å². The molecule has 169 valence electrons. The molecule has 1 heterocycles. The van der Waals surface area contributed by atoms with Crippen molar-refractivity contribution in [3.63, 3.8) is 0 Å². The number of rotatable bonds is 6. The molecule has 0 saturated heterocycles. The van der Waals surface area contributed by atoms with Crippen molar-refractivity contribution in [3.8, 4) is 11.5 Å². The van der Waals surface area contributed by atoms with Gasteiger partial charge in [-0.25, -0.2) is 0 Å². The Morgan fingerprint density at radius 2 is 1.70 bits per heavy atom. The molecule has 1 radical (unpaired) electrons. The standard InChI is InChI=1S/C26H21F3NO3/c1-16-5-4-6-18(13-16)15-30-17(2)24(25(31)19-7-9-20(32-3)10-8-19)22-12-11-21(14-23(22)30)33-26(27,28)29/h4-14H,1,15H2,2-3H3. The first-order valence-corrected chi connectivity index (χ1v) is 10.1. The Hall–Kier alpha value is -3.74. The molecule has 4 nitrogen and oxygen atoms in total. The number of ether oxygens (including phenoxy) is 2. The van der Waals surface area contributed by atoms with Gasteiger partial charge in [0.1, 0.15) is 11.5 Å². The topological polar surface area (TPSA) is 40.5 Å². The number of hydrogen-bond acceptors (Lipinski definition) is 3. The molecule has 0 N–H and O–H groups in total. The van der Waals surface area contributed by atoms with Crippen LogP contribution in [0.1, 0.15) is 32.7 Å². The zero-order valence-corrected chi connectivity index (χ0v) is 18.1. The second-order valence-corrected chi connectivity index (χ2v) is 7.65. The fourth-order valence-corrected chi connectivity index (χ4v) is 3.94. The third-order valence-corrected chi connectivity index (χ3v) is 5.44. The lowest BCUT2D eigenvalue weighted by Gasteiger charge is -2.12. The lowest BCUT2D eigenvalue weighted by molar-refractivity contribution is -0.274. The lowest BCUT2D eigenvalue weighted by atomic mass is 10.0. The van der Waals surface area contributed by atoms with Crippen molar-refractivity contribution in [3.05, 3.63) is 102 Å². The molecule has 0 aliphatic carbocycles. The molecule has 0 aliphatic rings. The highest BCUT2D eigenvalue weighted by molar-refractivity contribution is 6.17. The number of alkyl halides is 3. The van der Waals surface area contributed by atoms with E-state index in [0.29, 0.717) is 40.0 Å². The summed E-state index contributed by atoms with van der Waals surface area (Å²) in [4.78, 5) is 13.4. The van der Waals surface area contributed by atoms with Gasteiger partial charge in [0.25, 0.3) is 0 Å². The van der Waals surface area contributed by atoms with Gasteiger partial charge in [0.15, 0.2) is 5.78 Å². The van der Waals surface area contributed by atoms with Gasteiger partial charge in [-0.05, 0) is 61.4 Å². The van der Waals surface area contributed by atoms with E-state index < -0.39 is 6.36 Å². The Morgan fingerprint density at radius 3 is 2.33 bits per heavy atom. The van der Waals surface area contributed by atoms with Crippen LogP contribution in [-0.2, 0) is 6.54 Å². The zero-order chi connectivity index (χ0) is 23.8. The summed E-state index contributed by atoms with van der Waals surface area (Å²) in [6, 6.07) is 18.3. The molecule has 0 atom stereocenters. The van der Waals surface area contributed by atoms with Crippen LogP contribution < -0.4 is 9.47 Å². The van der Waals surface area contributed by atoms with Crippen LogP contribution in [0.5, 0.6) is 11.5 Å². The SMILES string of the molecule is [CH2]c1cccc(Cn2c(C)c(C(=O)c3ccc(OC)cc3)c3ccc(OC(F)(F)F)cc32)c1. The smallest absolute Gasteiger partial charge is 0.497 e. The van der Waals surface area contributed by atoms with E-state index >= 15 is 0 Å².